The Hall–Kier alpha value is -1.67. The van der Waals surface area contributed by atoms with Crippen molar-refractivity contribution in [1.29, 1.82) is 0 Å². The number of nitrogens with one attached hydrogen (secondary N) is 1. The maximum atomic E-state index is 4.21. The van der Waals surface area contributed by atoms with Crippen molar-refractivity contribution in [2.75, 3.05) is 6.54 Å². The summed E-state index contributed by atoms with van der Waals surface area (Å²) in [4.78, 5) is 4.21. The Morgan fingerprint density at radius 3 is 2.29 bits per heavy atom. The van der Waals surface area contributed by atoms with Gasteiger partial charge in [-0.3, -0.25) is 4.98 Å². The van der Waals surface area contributed by atoms with Gasteiger partial charge in [-0.1, -0.05) is 24.6 Å². The molecule has 0 spiro atoms. The zero-order valence-corrected chi connectivity index (χ0v) is 13.8. The predicted molar refractivity (Wildman–Crippen MR) is 89.7 cm³/mol. The minimum Gasteiger partial charge on any atom is -0.310 e. The van der Waals surface area contributed by atoms with E-state index in [4.69, 9.17) is 0 Å². The van der Waals surface area contributed by atoms with Gasteiger partial charge in [0.05, 0.1) is 0 Å². The molecule has 1 aromatic carbocycles. The summed E-state index contributed by atoms with van der Waals surface area (Å²) >= 11 is 0. The molecule has 21 heavy (non-hydrogen) atoms. The minimum absolute atomic E-state index is 0.345. The number of aromatic nitrogens is 1. The molecule has 1 atom stereocenters. The molecule has 0 fully saturated rings. The standard InChI is InChI=1S/C19H26N2/c1-6-21-19(17-7-8-20-12-16(17)5)11-18-14(3)9-13(2)10-15(18)4/h7-10,12,19,21H,6,11H2,1-5H3. The van der Waals surface area contributed by atoms with Crippen LogP contribution in [0, 0.1) is 27.7 Å². The van der Waals surface area contributed by atoms with Crippen molar-refractivity contribution >= 4 is 0 Å². The Balaban J connectivity index is 2.36. The molecule has 112 valence electrons. The first-order valence-electron chi connectivity index (χ1n) is 7.73. The molecular weight excluding hydrogens is 256 g/mol. The second-order valence-electron chi connectivity index (χ2n) is 5.92. The lowest BCUT2D eigenvalue weighted by Crippen LogP contribution is -2.24. The molecule has 1 N–H and O–H groups in total. The van der Waals surface area contributed by atoms with Gasteiger partial charge in [-0.15, -0.1) is 0 Å². The van der Waals surface area contributed by atoms with Crippen LogP contribution in [-0.2, 0) is 6.42 Å². The van der Waals surface area contributed by atoms with Crippen LogP contribution < -0.4 is 5.32 Å². The average molecular weight is 282 g/mol. The molecule has 0 bridgehead atoms. The SMILES string of the molecule is CCNC(Cc1c(C)cc(C)cc1C)c1ccncc1C. The van der Waals surface area contributed by atoms with Crippen LogP contribution in [0.5, 0.6) is 0 Å². The van der Waals surface area contributed by atoms with E-state index in [1.54, 1.807) is 0 Å². The van der Waals surface area contributed by atoms with Gasteiger partial charge in [0.2, 0.25) is 0 Å². The van der Waals surface area contributed by atoms with Gasteiger partial charge in [0.25, 0.3) is 0 Å². The summed E-state index contributed by atoms with van der Waals surface area (Å²) in [6.07, 6.45) is 4.87. The van der Waals surface area contributed by atoms with Crippen molar-refractivity contribution in [3.8, 4) is 0 Å². The number of aryl methyl sites for hydroxylation is 4. The van der Waals surface area contributed by atoms with Gasteiger partial charge in [-0.25, -0.2) is 0 Å². The van der Waals surface area contributed by atoms with Crippen molar-refractivity contribution in [2.45, 2.75) is 47.1 Å². The summed E-state index contributed by atoms with van der Waals surface area (Å²) in [6.45, 7) is 11.9. The van der Waals surface area contributed by atoms with E-state index in [1.165, 1.54) is 33.4 Å². The van der Waals surface area contributed by atoms with E-state index in [1.807, 2.05) is 12.4 Å². The lowest BCUT2D eigenvalue weighted by atomic mass is 9.90. The van der Waals surface area contributed by atoms with Crippen LogP contribution in [0.3, 0.4) is 0 Å². The third kappa shape index (κ3) is 3.70. The highest BCUT2D eigenvalue weighted by atomic mass is 14.9. The molecule has 1 heterocycles. The average Bonchev–Trinajstić information content (AvgIpc) is 2.42. The van der Waals surface area contributed by atoms with E-state index in [-0.39, 0.29) is 0 Å². The van der Waals surface area contributed by atoms with Gasteiger partial charge in [0.15, 0.2) is 0 Å². The Bertz CT molecular complexity index is 594. The van der Waals surface area contributed by atoms with Crippen molar-refractivity contribution < 1.29 is 0 Å². The summed E-state index contributed by atoms with van der Waals surface area (Å²) in [5.74, 6) is 0. The third-order valence-corrected chi connectivity index (χ3v) is 4.14. The highest BCUT2D eigenvalue weighted by Gasteiger charge is 2.16. The minimum atomic E-state index is 0.345. The molecule has 2 heteroatoms. The first-order chi connectivity index (χ1) is 10.0. The molecule has 2 rings (SSSR count). The van der Waals surface area contributed by atoms with Crippen LogP contribution in [0.1, 0.15) is 46.3 Å². The van der Waals surface area contributed by atoms with Crippen LogP contribution in [-0.4, -0.2) is 11.5 Å². The van der Waals surface area contributed by atoms with Crippen LogP contribution >= 0.6 is 0 Å². The molecule has 0 aliphatic carbocycles. The number of rotatable bonds is 5. The normalized spacial score (nSPS) is 12.4. The van der Waals surface area contributed by atoms with E-state index in [9.17, 15) is 0 Å². The van der Waals surface area contributed by atoms with Gasteiger partial charge >= 0.3 is 0 Å². The van der Waals surface area contributed by atoms with Crippen LogP contribution in [0.4, 0.5) is 0 Å². The van der Waals surface area contributed by atoms with Crippen molar-refractivity contribution in [3.63, 3.8) is 0 Å². The highest BCUT2D eigenvalue weighted by molar-refractivity contribution is 5.39. The van der Waals surface area contributed by atoms with E-state index in [2.05, 4.69) is 63.1 Å². The van der Waals surface area contributed by atoms with Crippen LogP contribution in [0.2, 0.25) is 0 Å². The summed E-state index contributed by atoms with van der Waals surface area (Å²) < 4.78 is 0. The largest absolute Gasteiger partial charge is 0.310 e. The molecule has 0 saturated heterocycles. The summed E-state index contributed by atoms with van der Waals surface area (Å²) in [5, 5.41) is 3.63. The molecule has 0 radical (unpaired) electrons. The molecule has 2 aromatic rings. The molecule has 0 aliphatic rings. The number of benzene rings is 1. The van der Waals surface area contributed by atoms with Gasteiger partial charge < -0.3 is 5.32 Å². The summed E-state index contributed by atoms with van der Waals surface area (Å²) in [6, 6.07) is 7.05. The van der Waals surface area contributed by atoms with Crippen molar-refractivity contribution in [1.82, 2.24) is 10.3 Å². The Morgan fingerprint density at radius 1 is 1.05 bits per heavy atom. The number of likely N-dealkylation sites (N-methyl/N-ethyl adjacent to an activating group) is 1. The second kappa shape index (κ2) is 6.86. The van der Waals surface area contributed by atoms with Gasteiger partial charge in [0, 0.05) is 18.4 Å². The molecule has 0 aliphatic heterocycles. The summed E-state index contributed by atoms with van der Waals surface area (Å²) in [7, 11) is 0. The van der Waals surface area contributed by atoms with E-state index >= 15 is 0 Å². The maximum Gasteiger partial charge on any atom is 0.0364 e. The van der Waals surface area contributed by atoms with Crippen LogP contribution in [0.25, 0.3) is 0 Å². The second-order valence-corrected chi connectivity index (χ2v) is 5.92. The van der Waals surface area contributed by atoms with Crippen LogP contribution in [0.15, 0.2) is 30.6 Å². The quantitative estimate of drug-likeness (QED) is 0.888. The van der Waals surface area contributed by atoms with Gasteiger partial charge in [-0.2, -0.15) is 0 Å². The number of pyridine rings is 1. The van der Waals surface area contributed by atoms with Gasteiger partial charge in [0.1, 0.15) is 0 Å². The Morgan fingerprint density at radius 2 is 1.71 bits per heavy atom. The van der Waals surface area contributed by atoms with E-state index in [0.717, 1.165) is 13.0 Å². The van der Waals surface area contributed by atoms with Gasteiger partial charge in [-0.05, 0) is 74.5 Å². The first kappa shape index (κ1) is 15.7. The molecule has 0 saturated carbocycles. The lowest BCUT2D eigenvalue weighted by molar-refractivity contribution is 0.544. The topological polar surface area (TPSA) is 24.9 Å². The lowest BCUT2D eigenvalue weighted by Gasteiger charge is -2.22. The van der Waals surface area contributed by atoms with Crippen molar-refractivity contribution in [2.24, 2.45) is 0 Å². The molecule has 1 aromatic heterocycles. The van der Waals surface area contributed by atoms with Crippen molar-refractivity contribution in [3.05, 3.63) is 64.0 Å². The fourth-order valence-electron chi connectivity index (χ4n) is 3.15. The molecule has 0 amide bonds. The predicted octanol–water partition coefficient (Wildman–Crippen LogP) is 4.21. The fraction of sp³-hybridized carbons (Fsp3) is 0.421. The fourth-order valence-corrected chi connectivity index (χ4v) is 3.15. The first-order valence-corrected chi connectivity index (χ1v) is 7.73. The summed E-state index contributed by atoms with van der Waals surface area (Å²) in [5.41, 5.74) is 8.19. The number of nitrogens with zero attached hydrogens (tertiary/aromatic N) is 1. The zero-order chi connectivity index (χ0) is 15.4. The smallest absolute Gasteiger partial charge is 0.0364 e. The molecule has 2 nitrogen and oxygen atoms in total. The maximum absolute atomic E-state index is 4.21. The monoisotopic (exact) mass is 282 g/mol. The Kier molecular flexibility index (Phi) is 5.13. The Labute approximate surface area is 128 Å². The number of hydrogen-bond donors (Lipinski definition) is 1. The highest BCUT2D eigenvalue weighted by Crippen LogP contribution is 2.25. The molecule has 1 unspecified atom stereocenters. The van der Waals surface area contributed by atoms with E-state index < -0.39 is 0 Å². The zero-order valence-electron chi connectivity index (χ0n) is 13.8. The molecular formula is C19H26N2. The van der Waals surface area contributed by atoms with E-state index in [0.29, 0.717) is 6.04 Å². The third-order valence-electron chi connectivity index (χ3n) is 4.14. The number of hydrogen-bond acceptors (Lipinski definition) is 2.